The molecule has 1 unspecified atom stereocenters. The van der Waals surface area contributed by atoms with E-state index in [2.05, 4.69) is 5.32 Å². The Kier molecular flexibility index (Phi) is 4.17. The highest BCUT2D eigenvalue weighted by atomic mass is 19.3. The Balaban J connectivity index is 2.02. The maximum absolute atomic E-state index is 14.2. The van der Waals surface area contributed by atoms with E-state index in [1.165, 1.54) is 12.1 Å². The first-order valence-corrected chi connectivity index (χ1v) is 6.44. The number of aromatic hydroxyl groups is 1. The van der Waals surface area contributed by atoms with Gasteiger partial charge >= 0.3 is 0 Å². The van der Waals surface area contributed by atoms with Gasteiger partial charge in [-0.05, 0) is 50.0 Å². The standard InChI is InChI=1S/C14H19F2NO/c15-14(16,12-2-1-8-17-9-7-12)10-11-3-5-13(18)6-4-11/h3-6,12,17-18H,1-2,7-10H2. The Labute approximate surface area is 106 Å². The molecule has 0 saturated carbocycles. The number of benzene rings is 1. The first-order chi connectivity index (χ1) is 8.58. The number of halogens is 2. The molecule has 1 heterocycles. The van der Waals surface area contributed by atoms with Crippen molar-refractivity contribution in [2.75, 3.05) is 13.1 Å². The van der Waals surface area contributed by atoms with Gasteiger partial charge < -0.3 is 10.4 Å². The molecule has 0 bridgehead atoms. The lowest BCUT2D eigenvalue weighted by atomic mass is 9.89. The minimum absolute atomic E-state index is 0.112. The molecule has 0 aromatic heterocycles. The SMILES string of the molecule is Oc1ccc(CC(F)(F)C2CCCNCC2)cc1. The molecular weight excluding hydrogens is 236 g/mol. The zero-order valence-electron chi connectivity index (χ0n) is 10.3. The second-order valence-corrected chi connectivity index (χ2v) is 4.98. The smallest absolute Gasteiger partial charge is 0.254 e. The van der Waals surface area contributed by atoms with Gasteiger partial charge in [0, 0.05) is 12.3 Å². The highest BCUT2D eigenvalue weighted by molar-refractivity contribution is 5.26. The molecule has 0 amide bonds. The number of hydrogen-bond acceptors (Lipinski definition) is 2. The Bertz CT molecular complexity index is 370. The molecule has 2 nitrogen and oxygen atoms in total. The van der Waals surface area contributed by atoms with Gasteiger partial charge in [0.05, 0.1) is 0 Å². The van der Waals surface area contributed by atoms with Gasteiger partial charge in [0.2, 0.25) is 0 Å². The van der Waals surface area contributed by atoms with Crippen molar-refractivity contribution in [2.45, 2.75) is 31.6 Å². The molecule has 4 heteroatoms. The third-order valence-corrected chi connectivity index (χ3v) is 3.55. The van der Waals surface area contributed by atoms with Crippen LogP contribution in [0.1, 0.15) is 24.8 Å². The minimum Gasteiger partial charge on any atom is -0.508 e. The van der Waals surface area contributed by atoms with Crippen molar-refractivity contribution in [2.24, 2.45) is 5.92 Å². The molecule has 0 spiro atoms. The number of phenols is 1. The molecule has 100 valence electrons. The van der Waals surface area contributed by atoms with E-state index >= 15 is 0 Å². The first kappa shape index (κ1) is 13.3. The molecule has 2 N–H and O–H groups in total. The molecule has 1 aliphatic heterocycles. The van der Waals surface area contributed by atoms with Crippen LogP contribution >= 0.6 is 0 Å². The van der Waals surface area contributed by atoms with Crippen LogP contribution in [0.4, 0.5) is 8.78 Å². The van der Waals surface area contributed by atoms with Gasteiger partial charge in [-0.3, -0.25) is 0 Å². The van der Waals surface area contributed by atoms with E-state index in [0.717, 1.165) is 13.0 Å². The lowest BCUT2D eigenvalue weighted by molar-refractivity contribution is -0.0616. The Morgan fingerprint density at radius 2 is 1.89 bits per heavy atom. The van der Waals surface area contributed by atoms with E-state index in [4.69, 9.17) is 5.11 Å². The van der Waals surface area contributed by atoms with Gasteiger partial charge in [-0.1, -0.05) is 12.1 Å². The zero-order valence-corrected chi connectivity index (χ0v) is 10.3. The summed E-state index contributed by atoms with van der Waals surface area (Å²) in [6.45, 7) is 1.52. The van der Waals surface area contributed by atoms with E-state index in [0.29, 0.717) is 24.9 Å². The van der Waals surface area contributed by atoms with E-state index in [9.17, 15) is 8.78 Å². The van der Waals surface area contributed by atoms with Crippen molar-refractivity contribution in [3.63, 3.8) is 0 Å². The quantitative estimate of drug-likeness (QED) is 0.870. The van der Waals surface area contributed by atoms with Crippen molar-refractivity contribution >= 4 is 0 Å². The van der Waals surface area contributed by atoms with E-state index in [1.807, 2.05) is 0 Å². The Hall–Kier alpha value is -1.16. The summed E-state index contributed by atoms with van der Waals surface area (Å²) < 4.78 is 28.4. The second-order valence-electron chi connectivity index (χ2n) is 4.98. The predicted molar refractivity (Wildman–Crippen MR) is 67.0 cm³/mol. The average Bonchev–Trinajstić information content (AvgIpc) is 2.61. The van der Waals surface area contributed by atoms with E-state index in [-0.39, 0.29) is 12.2 Å². The summed E-state index contributed by atoms with van der Waals surface area (Å²) >= 11 is 0. The molecule has 0 aliphatic carbocycles. The van der Waals surface area contributed by atoms with Crippen LogP contribution in [0.15, 0.2) is 24.3 Å². The number of alkyl halides is 2. The molecule has 1 fully saturated rings. The number of hydrogen-bond donors (Lipinski definition) is 2. The van der Waals surface area contributed by atoms with Crippen molar-refractivity contribution in [3.05, 3.63) is 29.8 Å². The average molecular weight is 255 g/mol. The monoisotopic (exact) mass is 255 g/mol. The minimum atomic E-state index is -2.66. The van der Waals surface area contributed by atoms with Crippen molar-refractivity contribution < 1.29 is 13.9 Å². The van der Waals surface area contributed by atoms with Gasteiger partial charge in [-0.15, -0.1) is 0 Å². The van der Waals surface area contributed by atoms with Crippen LogP contribution < -0.4 is 5.32 Å². The van der Waals surface area contributed by atoms with E-state index in [1.54, 1.807) is 12.1 Å². The van der Waals surface area contributed by atoms with Gasteiger partial charge in [0.1, 0.15) is 5.75 Å². The van der Waals surface area contributed by atoms with Gasteiger partial charge in [0.15, 0.2) is 0 Å². The van der Waals surface area contributed by atoms with Crippen LogP contribution in [0.3, 0.4) is 0 Å². The summed E-state index contributed by atoms with van der Waals surface area (Å²) in [5.41, 5.74) is 0.579. The summed E-state index contributed by atoms with van der Waals surface area (Å²) in [4.78, 5) is 0. The summed E-state index contributed by atoms with van der Waals surface area (Å²) in [6.07, 6.45) is 1.69. The molecule has 2 rings (SSSR count). The largest absolute Gasteiger partial charge is 0.508 e. The van der Waals surface area contributed by atoms with Crippen LogP contribution in [0.2, 0.25) is 0 Å². The molecule has 1 saturated heterocycles. The second kappa shape index (κ2) is 5.65. The van der Waals surface area contributed by atoms with Gasteiger partial charge in [-0.2, -0.15) is 0 Å². The first-order valence-electron chi connectivity index (χ1n) is 6.44. The van der Waals surface area contributed by atoms with Crippen molar-refractivity contribution in [1.29, 1.82) is 0 Å². The molecule has 1 atom stereocenters. The molecular formula is C14H19F2NO. The molecule has 1 aromatic carbocycles. The van der Waals surface area contributed by atoms with Crippen molar-refractivity contribution in [3.8, 4) is 5.75 Å². The van der Waals surface area contributed by atoms with Crippen LogP contribution in [-0.2, 0) is 6.42 Å². The number of nitrogens with one attached hydrogen (secondary N) is 1. The fourth-order valence-corrected chi connectivity index (χ4v) is 2.47. The van der Waals surface area contributed by atoms with Crippen LogP contribution in [-0.4, -0.2) is 24.1 Å². The zero-order chi connectivity index (χ0) is 13.0. The fraction of sp³-hybridized carbons (Fsp3) is 0.571. The topological polar surface area (TPSA) is 32.3 Å². The summed E-state index contributed by atoms with van der Waals surface area (Å²) in [6, 6.07) is 6.05. The number of phenolic OH excluding ortho intramolecular Hbond substituents is 1. The summed E-state index contributed by atoms with van der Waals surface area (Å²) in [5, 5.41) is 12.3. The van der Waals surface area contributed by atoms with E-state index < -0.39 is 11.8 Å². The van der Waals surface area contributed by atoms with Gasteiger partial charge in [0.25, 0.3) is 5.92 Å². The lowest BCUT2D eigenvalue weighted by Crippen LogP contribution is -2.31. The normalized spacial score (nSPS) is 21.6. The molecule has 1 aliphatic rings. The van der Waals surface area contributed by atoms with Crippen LogP contribution in [0.25, 0.3) is 0 Å². The number of rotatable bonds is 3. The third-order valence-electron chi connectivity index (χ3n) is 3.55. The van der Waals surface area contributed by atoms with Gasteiger partial charge in [-0.25, -0.2) is 8.78 Å². The third kappa shape index (κ3) is 3.42. The van der Waals surface area contributed by atoms with Crippen LogP contribution in [0, 0.1) is 5.92 Å². The Morgan fingerprint density at radius 1 is 1.17 bits per heavy atom. The lowest BCUT2D eigenvalue weighted by Gasteiger charge is -2.25. The predicted octanol–water partition coefficient (Wildman–Crippen LogP) is 2.96. The highest BCUT2D eigenvalue weighted by Gasteiger charge is 2.39. The fourth-order valence-electron chi connectivity index (χ4n) is 2.47. The Morgan fingerprint density at radius 3 is 2.61 bits per heavy atom. The maximum Gasteiger partial charge on any atom is 0.254 e. The highest BCUT2D eigenvalue weighted by Crippen LogP contribution is 2.35. The van der Waals surface area contributed by atoms with Crippen LogP contribution in [0.5, 0.6) is 5.75 Å². The summed E-state index contributed by atoms with van der Waals surface area (Å²) in [7, 11) is 0. The molecule has 18 heavy (non-hydrogen) atoms. The maximum atomic E-state index is 14.2. The molecule has 1 aromatic rings. The van der Waals surface area contributed by atoms with Crippen molar-refractivity contribution in [1.82, 2.24) is 5.32 Å². The summed E-state index contributed by atoms with van der Waals surface area (Å²) in [5.74, 6) is -3.09. The molecule has 0 radical (unpaired) electrons.